The van der Waals surface area contributed by atoms with Gasteiger partial charge in [0.05, 0.1) is 26.9 Å². The molecule has 0 spiro atoms. The molecule has 0 saturated carbocycles. The molecule has 0 heterocycles. The standard InChI is InChI=1S/C18H20BrNO4/c1-22-16-8-14(15(19)9-17(16)23-2)11-20-10-12-4-6-13(7-5-12)18(21)24-3/h4-9,20H,10-11H2,1-3H3. The lowest BCUT2D eigenvalue weighted by molar-refractivity contribution is 0.0600. The maximum absolute atomic E-state index is 11.4. The van der Waals surface area contributed by atoms with Crippen LogP contribution in [0, 0.1) is 0 Å². The molecule has 2 aromatic rings. The summed E-state index contributed by atoms with van der Waals surface area (Å²) >= 11 is 3.54. The van der Waals surface area contributed by atoms with E-state index in [9.17, 15) is 4.79 Å². The number of methoxy groups -OCH3 is 3. The van der Waals surface area contributed by atoms with E-state index in [1.807, 2.05) is 24.3 Å². The molecule has 0 amide bonds. The Kier molecular flexibility index (Phi) is 6.63. The van der Waals surface area contributed by atoms with Crippen LogP contribution in [0.25, 0.3) is 0 Å². The van der Waals surface area contributed by atoms with E-state index in [0.717, 1.165) is 15.6 Å². The summed E-state index contributed by atoms with van der Waals surface area (Å²) in [6, 6.07) is 11.2. The Morgan fingerprint density at radius 3 is 2.21 bits per heavy atom. The summed E-state index contributed by atoms with van der Waals surface area (Å²) in [5.41, 5.74) is 2.70. The largest absolute Gasteiger partial charge is 0.493 e. The fraction of sp³-hybridized carbons (Fsp3) is 0.278. The minimum absolute atomic E-state index is 0.330. The molecule has 5 nitrogen and oxygen atoms in total. The minimum Gasteiger partial charge on any atom is -0.493 e. The molecule has 0 atom stereocenters. The lowest BCUT2D eigenvalue weighted by Crippen LogP contribution is -2.13. The first kappa shape index (κ1) is 18.3. The Morgan fingerprint density at radius 2 is 1.62 bits per heavy atom. The average Bonchev–Trinajstić information content (AvgIpc) is 2.62. The molecule has 0 aliphatic carbocycles. The van der Waals surface area contributed by atoms with E-state index in [4.69, 9.17) is 9.47 Å². The predicted molar refractivity (Wildman–Crippen MR) is 95.6 cm³/mol. The molecule has 0 aliphatic rings. The highest BCUT2D eigenvalue weighted by atomic mass is 79.9. The van der Waals surface area contributed by atoms with Gasteiger partial charge in [0.15, 0.2) is 11.5 Å². The zero-order valence-corrected chi connectivity index (χ0v) is 15.5. The predicted octanol–water partition coefficient (Wildman–Crippen LogP) is 3.54. The van der Waals surface area contributed by atoms with E-state index in [2.05, 4.69) is 26.0 Å². The summed E-state index contributed by atoms with van der Waals surface area (Å²) in [5.74, 6) is 1.05. The zero-order chi connectivity index (χ0) is 17.5. The maximum Gasteiger partial charge on any atom is 0.337 e. The van der Waals surface area contributed by atoms with Crippen molar-refractivity contribution < 1.29 is 19.0 Å². The smallest absolute Gasteiger partial charge is 0.337 e. The van der Waals surface area contributed by atoms with Crippen LogP contribution in [-0.2, 0) is 17.8 Å². The first-order chi connectivity index (χ1) is 11.6. The quantitative estimate of drug-likeness (QED) is 0.728. The second kappa shape index (κ2) is 8.70. The van der Waals surface area contributed by atoms with Crippen molar-refractivity contribution >= 4 is 21.9 Å². The van der Waals surface area contributed by atoms with Gasteiger partial charge in [0.1, 0.15) is 0 Å². The first-order valence-corrected chi connectivity index (χ1v) is 8.16. The van der Waals surface area contributed by atoms with Gasteiger partial charge in [-0.25, -0.2) is 4.79 Å². The number of esters is 1. The number of nitrogens with one attached hydrogen (secondary N) is 1. The second-order valence-corrected chi connectivity index (χ2v) is 5.94. The third-order valence-electron chi connectivity index (χ3n) is 3.57. The molecule has 1 N–H and O–H groups in total. The molecular weight excluding hydrogens is 374 g/mol. The number of hydrogen-bond donors (Lipinski definition) is 1. The zero-order valence-electron chi connectivity index (χ0n) is 13.9. The molecule has 0 saturated heterocycles. The van der Waals surface area contributed by atoms with Gasteiger partial charge < -0.3 is 19.5 Å². The van der Waals surface area contributed by atoms with Gasteiger partial charge in [-0.3, -0.25) is 0 Å². The summed E-state index contributed by atoms with van der Waals surface area (Å²) in [6.07, 6.45) is 0. The third kappa shape index (κ3) is 4.49. The normalized spacial score (nSPS) is 10.3. The summed E-state index contributed by atoms with van der Waals surface area (Å²) in [7, 11) is 4.60. The number of ether oxygens (including phenoxy) is 3. The van der Waals surface area contributed by atoms with Gasteiger partial charge in [-0.15, -0.1) is 0 Å². The number of hydrogen-bond acceptors (Lipinski definition) is 5. The van der Waals surface area contributed by atoms with Gasteiger partial charge in [-0.05, 0) is 35.4 Å². The van der Waals surface area contributed by atoms with Crippen molar-refractivity contribution in [3.8, 4) is 11.5 Å². The molecule has 128 valence electrons. The lowest BCUT2D eigenvalue weighted by atomic mass is 10.1. The van der Waals surface area contributed by atoms with Crippen LogP contribution in [0.5, 0.6) is 11.5 Å². The topological polar surface area (TPSA) is 56.8 Å². The number of rotatable bonds is 7. The van der Waals surface area contributed by atoms with Crippen molar-refractivity contribution in [2.45, 2.75) is 13.1 Å². The van der Waals surface area contributed by atoms with E-state index >= 15 is 0 Å². The van der Waals surface area contributed by atoms with Crippen LogP contribution < -0.4 is 14.8 Å². The highest BCUT2D eigenvalue weighted by Gasteiger charge is 2.09. The fourth-order valence-electron chi connectivity index (χ4n) is 2.25. The summed E-state index contributed by atoms with van der Waals surface area (Å²) in [6.45, 7) is 1.35. The van der Waals surface area contributed by atoms with Crippen LogP contribution in [-0.4, -0.2) is 27.3 Å². The molecule has 0 radical (unpaired) electrons. The molecule has 0 aliphatic heterocycles. The molecule has 24 heavy (non-hydrogen) atoms. The van der Waals surface area contributed by atoms with Crippen LogP contribution >= 0.6 is 15.9 Å². The van der Waals surface area contributed by atoms with Gasteiger partial charge >= 0.3 is 5.97 Å². The Hall–Kier alpha value is -2.05. The molecule has 6 heteroatoms. The molecule has 2 aromatic carbocycles. The summed E-state index contributed by atoms with van der Waals surface area (Å²) in [4.78, 5) is 11.4. The van der Waals surface area contributed by atoms with Crippen LogP contribution in [0.15, 0.2) is 40.9 Å². The number of halogens is 1. The van der Waals surface area contributed by atoms with E-state index in [-0.39, 0.29) is 5.97 Å². The Labute approximate surface area is 150 Å². The third-order valence-corrected chi connectivity index (χ3v) is 4.31. The average molecular weight is 394 g/mol. The minimum atomic E-state index is -0.330. The maximum atomic E-state index is 11.4. The van der Waals surface area contributed by atoms with Crippen LogP contribution in [0.1, 0.15) is 21.5 Å². The second-order valence-electron chi connectivity index (χ2n) is 5.09. The lowest BCUT2D eigenvalue weighted by Gasteiger charge is -2.12. The van der Waals surface area contributed by atoms with Gasteiger partial charge in [0.25, 0.3) is 0 Å². The van der Waals surface area contributed by atoms with Crippen molar-refractivity contribution in [1.29, 1.82) is 0 Å². The summed E-state index contributed by atoms with van der Waals surface area (Å²) < 4.78 is 16.2. The van der Waals surface area contributed by atoms with E-state index < -0.39 is 0 Å². The molecular formula is C18H20BrNO4. The SMILES string of the molecule is COC(=O)c1ccc(CNCc2cc(OC)c(OC)cc2Br)cc1. The van der Waals surface area contributed by atoms with E-state index in [0.29, 0.717) is 30.2 Å². The highest BCUT2D eigenvalue weighted by molar-refractivity contribution is 9.10. The Morgan fingerprint density at radius 1 is 1.00 bits per heavy atom. The van der Waals surface area contributed by atoms with Crippen LogP contribution in [0.2, 0.25) is 0 Å². The first-order valence-electron chi connectivity index (χ1n) is 7.37. The molecule has 0 fully saturated rings. The van der Waals surface area contributed by atoms with Crippen molar-refractivity contribution in [3.05, 3.63) is 57.6 Å². The molecule has 0 unspecified atom stereocenters. The Bertz CT molecular complexity index is 701. The number of carbonyl (C=O) groups excluding carboxylic acids is 1. The highest BCUT2D eigenvalue weighted by Crippen LogP contribution is 2.33. The monoisotopic (exact) mass is 393 g/mol. The number of benzene rings is 2. The van der Waals surface area contributed by atoms with Crippen molar-refractivity contribution in [2.24, 2.45) is 0 Å². The van der Waals surface area contributed by atoms with Gasteiger partial charge in [-0.1, -0.05) is 28.1 Å². The summed E-state index contributed by atoms with van der Waals surface area (Å²) in [5, 5.41) is 3.37. The Balaban J connectivity index is 1.98. The van der Waals surface area contributed by atoms with Crippen LogP contribution in [0.3, 0.4) is 0 Å². The van der Waals surface area contributed by atoms with Crippen molar-refractivity contribution in [1.82, 2.24) is 5.32 Å². The fourth-order valence-corrected chi connectivity index (χ4v) is 2.71. The van der Waals surface area contributed by atoms with Gasteiger partial charge in [0, 0.05) is 17.6 Å². The molecule has 0 bridgehead atoms. The molecule has 0 aromatic heterocycles. The van der Waals surface area contributed by atoms with Crippen molar-refractivity contribution in [3.63, 3.8) is 0 Å². The molecule has 2 rings (SSSR count). The van der Waals surface area contributed by atoms with Crippen LogP contribution in [0.4, 0.5) is 0 Å². The van der Waals surface area contributed by atoms with Crippen molar-refractivity contribution in [2.75, 3.05) is 21.3 Å². The van der Waals surface area contributed by atoms with E-state index in [1.165, 1.54) is 7.11 Å². The van der Waals surface area contributed by atoms with E-state index in [1.54, 1.807) is 26.4 Å². The van der Waals surface area contributed by atoms with Gasteiger partial charge in [-0.2, -0.15) is 0 Å². The van der Waals surface area contributed by atoms with Gasteiger partial charge in [0.2, 0.25) is 0 Å². The number of carbonyl (C=O) groups is 1.